The first-order valence-electron chi connectivity index (χ1n) is 10.7. The van der Waals surface area contributed by atoms with Crippen LogP contribution in [-0.4, -0.2) is 11.7 Å². The number of fused-ring (bicyclic) bond motifs is 2. The summed E-state index contributed by atoms with van der Waals surface area (Å²) in [6.07, 6.45) is 11.3. The molecule has 2 aliphatic carbocycles. The molecular formula is C23H44O. The molecule has 0 radical (unpaired) electrons. The molecular weight excluding hydrogens is 292 g/mol. The first kappa shape index (κ1) is 20.3. The molecule has 5 atom stereocenters. The Morgan fingerprint density at radius 2 is 1.79 bits per heavy atom. The molecule has 2 saturated carbocycles. The number of hydrogen-bond acceptors (Lipinski definition) is 1. The van der Waals surface area contributed by atoms with Gasteiger partial charge in [-0.2, -0.15) is 0 Å². The number of hydrogen-bond donors (Lipinski definition) is 0. The fourth-order valence-electron chi connectivity index (χ4n) is 6.19. The lowest BCUT2D eigenvalue weighted by molar-refractivity contribution is -0.207. The van der Waals surface area contributed by atoms with Gasteiger partial charge in [0.1, 0.15) is 0 Å². The highest BCUT2D eigenvalue weighted by atomic mass is 16.5. The molecule has 0 aromatic heterocycles. The molecule has 0 saturated heterocycles. The van der Waals surface area contributed by atoms with Crippen LogP contribution in [0.2, 0.25) is 0 Å². The van der Waals surface area contributed by atoms with Gasteiger partial charge in [0.25, 0.3) is 0 Å². The van der Waals surface area contributed by atoms with E-state index in [0.717, 1.165) is 11.8 Å². The topological polar surface area (TPSA) is 9.23 Å². The van der Waals surface area contributed by atoms with Crippen molar-refractivity contribution in [2.24, 2.45) is 28.6 Å². The summed E-state index contributed by atoms with van der Waals surface area (Å²) >= 11 is 0. The lowest BCUT2D eigenvalue weighted by Crippen LogP contribution is -2.54. The first-order valence-corrected chi connectivity index (χ1v) is 10.7. The summed E-state index contributed by atoms with van der Waals surface area (Å²) in [5, 5.41) is 0. The van der Waals surface area contributed by atoms with Crippen LogP contribution in [0, 0.1) is 28.6 Å². The summed E-state index contributed by atoms with van der Waals surface area (Å²) in [5.41, 5.74) is 0.673. The maximum Gasteiger partial charge on any atom is 0.0686 e. The van der Waals surface area contributed by atoms with Gasteiger partial charge in [0, 0.05) is 0 Å². The van der Waals surface area contributed by atoms with Crippen molar-refractivity contribution in [3.63, 3.8) is 0 Å². The van der Waals surface area contributed by atoms with E-state index in [2.05, 4.69) is 55.4 Å². The fourth-order valence-corrected chi connectivity index (χ4v) is 6.19. The van der Waals surface area contributed by atoms with Gasteiger partial charge in [0.15, 0.2) is 0 Å². The van der Waals surface area contributed by atoms with Crippen LogP contribution in [0.3, 0.4) is 0 Å². The Balaban J connectivity index is 2.19. The maximum atomic E-state index is 6.98. The molecule has 2 fully saturated rings. The quantitative estimate of drug-likeness (QED) is 0.476. The fraction of sp³-hybridized carbons (Fsp3) is 1.00. The summed E-state index contributed by atoms with van der Waals surface area (Å²) < 4.78 is 6.98. The molecule has 2 aliphatic rings. The SMILES string of the molecule is CCCC(C)(C(C)C)C(C)OC(C)(C)C12CCCC(CC(C)C1)C2. The van der Waals surface area contributed by atoms with Gasteiger partial charge in [-0.25, -0.2) is 0 Å². The molecule has 2 rings (SSSR count). The van der Waals surface area contributed by atoms with Crippen LogP contribution >= 0.6 is 0 Å². The summed E-state index contributed by atoms with van der Waals surface area (Å²) in [6.45, 7) is 19.2. The average molecular weight is 337 g/mol. The predicted molar refractivity (Wildman–Crippen MR) is 105 cm³/mol. The first-order chi connectivity index (χ1) is 11.1. The normalized spacial score (nSPS) is 34.9. The van der Waals surface area contributed by atoms with Gasteiger partial charge in [0.05, 0.1) is 11.7 Å². The Hall–Kier alpha value is -0.0400. The molecule has 0 aromatic carbocycles. The molecule has 5 unspecified atom stereocenters. The van der Waals surface area contributed by atoms with Gasteiger partial charge >= 0.3 is 0 Å². The van der Waals surface area contributed by atoms with Crippen LogP contribution < -0.4 is 0 Å². The monoisotopic (exact) mass is 336 g/mol. The zero-order valence-electron chi connectivity index (χ0n) is 17.9. The second kappa shape index (κ2) is 7.29. The van der Waals surface area contributed by atoms with Gasteiger partial charge in [0.2, 0.25) is 0 Å². The molecule has 1 nitrogen and oxygen atoms in total. The van der Waals surface area contributed by atoms with Crippen LogP contribution in [0.4, 0.5) is 0 Å². The van der Waals surface area contributed by atoms with E-state index < -0.39 is 0 Å². The van der Waals surface area contributed by atoms with Gasteiger partial charge < -0.3 is 4.74 Å². The summed E-state index contributed by atoms with van der Waals surface area (Å²) in [4.78, 5) is 0. The zero-order valence-corrected chi connectivity index (χ0v) is 17.9. The molecule has 0 aliphatic heterocycles. The predicted octanol–water partition coefficient (Wildman–Crippen LogP) is 7.24. The minimum Gasteiger partial charge on any atom is -0.371 e. The zero-order chi connectivity index (χ0) is 18.2. The minimum absolute atomic E-state index is 0.0103. The Morgan fingerprint density at radius 1 is 1.12 bits per heavy atom. The molecule has 0 amide bonds. The van der Waals surface area contributed by atoms with Crippen LogP contribution in [0.15, 0.2) is 0 Å². The van der Waals surface area contributed by atoms with Crippen molar-refractivity contribution >= 4 is 0 Å². The van der Waals surface area contributed by atoms with Crippen molar-refractivity contribution in [3.05, 3.63) is 0 Å². The van der Waals surface area contributed by atoms with E-state index in [4.69, 9.17) is 4.74 Å². The molecule has 142 valence electrons. The second-order valence-electron chi connectivity index (χ2n) is 10.5. The van der Waals surface area contributed by atoms with Crippen molar-refractivity contribution in [2.75, 3.05) is 0 Å². The van der Waals surface area contributed by atoms with E-state index >= 15 is 0 Å². The third kappa shape index (κ3) is 3.71. The second-order valence-corrected chi connectivity index (χ2v) is 10.5. The Labute approximate surface area is 152 Å². The maximum absolute atomic E-state index is 6.98. The Morgan fingerprint density at radius 3 is 2.38 bits per heavy atom. The van der Waals surface area contributed by atoms with Crippen molar-refractivity contribution in [2.45, 2.75) is 118 Å². The summed E-state index contributed by atoms with van der Waals surface area (Å²) in [6, 6.07) is 0. The van der Waals surface area contributed by atoms with Gasteiger partial charge in [-0.05, 0) is 81.5 Å². The highest BCUT2D eigenvalue weighted by molar-refractivity contribution is 5.03. The van der Waals surface area contributed by atoms with Crippen LogP contribution in [-0.2, 0) is 4.74 Å². The highest BCUT2D eigenvalue weighted by Gasteiger charge is 2.53. The largest absolute Gasteiger partial charge is 0.371 e. The average Bonchev–Trinajstić information content (AvgIpc) is 2.45. The lowest BCUT2D eigenvalue weighted by Gasteiger charge is -2.57. The summed E-state index contributed by atoms with van der Waals surface area (Å²) in [7, 11) is 0. The summed E-state index contributed by atoms with van der Waals surface area (Å²) in [5.74, 6) is 2.48. The number of rotatable bonds is 7. The van der Waals surface area contributed by atoms with Crippen LogP contribution in [0.1, 0.15) is 107 Å². The van der Waals surface area contributed by atoms with E-state index in [1.165, 1.54) is 51.4 Å². The van der Waals surface area contributed by atoms with E-state index in [0.29, 0.717) is 17.4 Å². The molecule has 0 heterocycles. The Bertz CT molecular complexity index is 408. The van der Waals surface area contributed by atoms with Gasteiger partial charge in [-0.1, -0.05) is 53.9 Å². The standard InChI is InChI=1S/C23H44O/c1-9-12-22(8,17(2)3)19(5)24-21(6,7)23-13-10-11-20(16-23)14-18(4)15-23/h17-20H,9-16H2,1-8H3. The third-order valence-electron chi connectivity index (χ3n) is 8.21. The van der Waals surface area contributed by atoms with Gasteiger partial charge in [-0.3, -0.25) is 0 Å². The van der Waals surface area contributed by atoms with Crippen LogP contribution in [0.25, 0.3) is 0 Å². The van der Waals surface area contributed by atoms with E-state index in [1.807, 2.05) is 0 Å². The van der Waals surface area contributed by atoms with Crippen molar-refractivity contribution < 1.29 is 4.74 Å². The molecule has 0 N–H and O–H groups in total. The van der Waals surface area contributed by atoms with Crippen molar-refractivity contribution in [1.29, 1.82) is 0 Å². The Kier molecular flexibility index (Phi) is 6.16. The lowest BCUT2D eigenvalue weighted by atomic mass is 9.53. The highest BCUT2D eigenvalue weighted by Crippen LogP contribution is 2.58. The van der Waals surface area contributed by atoms with E-state index in [9.17, 15) is 0 Å². The van der Waals surface area contributed by atoms with Gasteiger partial charge in [-0.15, -0.1) is 0 Å². The molecule has 0 spiro atoms. The molecule has 0 aromatic rings. The molecule has 1 heteroatoms. The van der Waals surface area contributed by atoms with Crippen LogP contribution in [0.5, 0.6) is 0 Å². The molecule has 2 bridgehead atoms. The number of ether oxygens (including phenoxy) is 1. The minimum atomic E-state index is -0.0103. The molecule has 24 heavy (non-hydrogen) atoms. The van der Waals surface area contributed by atoms with Crippen molar-refractivity contribution in [3.8, 4) is 0 Å². The van der Waals surface area contributed by atoms with E-state index in [1.54, 1.807) is 0 Å². The third-order valence-corrected chi connectivity index (χ3v) is 8.21. The smallest absolute Gasteiger partial charge is 0.0686 e. The van der Waals surface area contributed by atoms with E-state index in [-0.39, 0.29) is 11.0 Å². The van der Waals surface area contributed by atoms with Crippen molar-refractivity contribution in [1.82, 2.24) is 0 Å².